The van der Waals surface area contributed by atoms with Crippen LogP contribution in [0.1, 0.15) is 22.0 Å². The van der Waals surface area contributed by atoms with Crippen LogP contribution in [0.5, 0.6) is 0 Å². The van der Waals surface area contributed by atoms with Gasteiger partial charge in [0.2, 0.25) is 5.95 Å². The Morgan fingerprint density at radius 3 is 2.44 bits per heavy atom. The van der Waals surface area contributed by atoms with Crippen molar-refractivity contribution in [1.29, 1.82) is 0 Å². The molecule has 0 aliphatic carbocycles. The number of aliphatic hydroxyl groups is 1. The van der Waals surface area contributed by atoms with Crippen LogP contribution in [0.25, 0.3) is 11.3 Å². The summed E-state index contributed by atoms with van der Waals surface area (Å²) in [6.45, 7) is -0.173. The number of anilines is 1. The first-order valence-corrected chi connectivity index (χ1v) is 7.83. The number of nitrogens with zero attached hydrogens (tertiary/aromatic N) is 2. The van der Waals surface area contributed by atoms with Crippen molar-refractivity contribution in [3.8, 4) is 11.3 Å². The van der Waals surface area contributed by atoms with Gasteiger partial charge in [-0.3, -0.25) is 4.79 Å². The molecule has 126 valence electrons. The first-order valence-electron chi connectivity index (χ1n) is 7.83. The Morgan fingerprint density at radius 1 is 1.08 bits per heavy atom. The van der Waals surface area contributed by atoms with Crippen molar-refractivity contribution < 1.29 is 9.90 Å². The highest BCUT2D eigenvalue weighted by Crippen LogP contribution is 2.18. The Morgan fingerprint density at radius 2 is 1.80 bits per heavy atom. The number of nitrogen functional groups attached to an aromatic ring is 1. The molecule has 4 N–H and O–H groups in total. The van der Waals surface area contributed by atoms with Crippen LogP contribution in [0, 0.1) is 0 Å². The van der Waals surface area contributed by atoms with Gasteiger partial charge >= 0.3 is 0 Å². The number of carbonyl (C=O) groups excluding carboxylic acids is 1. The van der Waals surface area contributed by atoms with E-state index >= 15 is 0 Å². The predicted molar refractivity (Wildman–Crippen MR) is 95.6 cm³/mol. The molecule has 0 aliphatic rings. The first-order chi connectivity index (χ1) is 12.2. The normalized spacial score (nSPS) is 11.7. The number of amides is 1. The van der Waals surface area contributed by atoms with E-state index in [9.17, 15) is 9.90 Å². The van der Waals surface area contributed by atoms with Gasteiger partial charge in [0, 0.05) is 17.3 Å². The predicted octanol–water partition coefficient (Wildman–Crippen LogP) is 2.19. The number of carbonyl (C=O) groups is 1. The summed E-state index contributed by atoms with van der Waals surface area (Å²) in [4.78, 5) is 20.4. The number of nitrogens with two attached hydrogens (primary N) is 1. The topological polar surface area (TPSA) is 101 Å². The Balaban J connectivity index is 1.74. The van der Waals surface area contributed by atoms with E-state index in [2.05, 4.69) is 15.3 Å². The molecule has 0 fully saturated rings. The summed E-state index contributed by atoms with van der Waals surface area (Å²) >= 11 is 0. The smallest absolute Gasteiger partial charge is 0.251 e. The molecule has 1 atom stereocenters. The third kappa shape index (κ3) is 3.99. The van der Waals surface area contributed by atoms with Crippen molar-refractivity contribution in [2.24, 2.45) is 0 Å². The number of benzene rings is 2. The molecule has 3 aromatic rings. The molecule has 6 heteroatoms. The molecule has 0 bridgehead atoms. The highest BCUT2D eigenvalue weighted by molar-refractivity contribution is 5.94. The van der Waals surface area contributed by atoms with Gasteiger partial charge in [0.1, 0.15) is 0 Å². The Bertz CT molecular complexity index is 851. The summed E-state index contributed by atoms with van der Waals surface area (Å²) < 4.78 is 0. The molecule has 0 saturated carbocycles. The molecule has 0 aliphatic heterocycles. The molecule has 25 heavy (non-hydrogen) atoms. The largest absolute Gasteiger partial charge is 0.394 e. The summed E-state index contributed by atoms with van der Waals surface area (Å²) in [5.41, 5.74) is 8.47. The van der Waals surface area contributed by atoms with Crippen molar-refractivity contribution in [2.75, 3.05) is 12.3 Å². The van der Waals surface area contributed by atoms with Crippen molar-refractivity contribution >= 4 is 11.9 Å². The lowest BCUT2D eigenvalue weighted by atomic mass is 10.1. The lowest BCUT2D eigenvalue weighted by Crippen LogP contribution is -2.30. The zero-order valence-corrected chi connectivity index (χ0v) is 13.5. The second kappa shape index (κ2) is 7.55. The van der Waals surface area contributed by atoms with Crippen molar-refractivity contribution in [1.82, 2.24) is 15.3 Å². The zero-order valence-electron chi connectivity index (χ0n) is 13.5. The highest BCUT2D eigenvalue weighted by Gasteiger charge is 2.14. The van der Waals surface area contributed by atoms with Gasteiger partial charge in [-0.15, -0.1) is 0 Å². The molecule has 0 saturated heterocycles. The van der Waals surface area contributed by atoms with Crippen LogP contribution in [0.3, 0.4) is 0 Å². The number of rotatable bonds is 5. The van der Waals surface area contributed by atoms with Crippen LogP contribution in [-0.4, -0.2) is 27.6 Å². The average Bonchev–Trinajstić information content (AvgIpc) is 2.67. The molecule has 3 rings (SSSR count). The zero-order chi connectivity index (χ0) is 17.6. The van der Waals surface area contributed by atoms with Gasteiger partial charge in [-0.05, 0) is 23.8 Å². The Hall–Kier alpha value is -3.25. The van der Waals surface area contributed by atoms with Crippen molar-refractivity contribution in [3.05, 3.63) is 78.0 Å². The SMILES string of the molecule is Nc1nccc(-c2ccc(C(=O)N[C@@H](CO)c3ccccc3)cc2)n1. The Labute approximate surface area is 145 Å². The fourth-order valence-electron chi connectivity index (χ4n) is 2.49. The van der Waals surface area contributed by atoms with E-state index < -0.39 is 6.04 Å². The number of aromatic nitrogens is 2. The van der Waals surface area contributed by atoms with E-state index in [-0.39, 0.29) is 18.5 Å². The summed E-state index contributed by atoms with van der Waals surface area (Å²) in [7, 11) is 0. The third-order valence-corrected chi connectivity index (χ3v) is 3.81. The minimum atomic E-state index is -0.449. The van der Waals surface area contributed by atoms with Gasteiger partial charge in [-0.2, -0.15) is 0 Å². The summed E-state index contributed by atoms with van der Waals surface area (Å²) in [6, 6.07) is 17.7. The fraction of sp³-hybridized carbons (Fsp3) is 0.105. The quantitative estimate of drug-likeness (QED) is 0.664. The van der Waals surface area contributed by atoms with Crippen LogP contribution < -0.4 is 11.1 Å². The molecule has 6 nitrogen and oxygen atoms in total. The van der Waals surface area contributed by atoms with Crippen LogP contribution in [0.4, 0.5) is 5.95 Å². The number of aliphatic hydroxyl groups excluding tert-OH is 1. The third-order valence-electron chi connectivity index (χ3n) is 3.81. The maximum Gasteiger partial charge on any atom is 0.251 e. The molecular formula is C19H18N4O2. The standard InChI is InChI=1S/C19H18N4O2/c20-19-21-11-10-16(23-19)14-6-8-15(9-7-14)18(25)22-17(12-24)13-4-2-1-3-5-13/h1-11,17,24H,12H2,(H,22,25)(H2,20,21,23)/t17-/m0/s1. The van der Waals surface area contributed by atoms with Crippen LogP contribution >= 0.6 is 0 Å². The van der Waals surface area contributed by atoms with E-state index in [1.54, 1.807) is 36.5 Å². The summed E-state index contributed by atoms with van der Waals surface area (Å²) in [6.07, 6.45) is 1.59. The summed E-state index contributed by atoms with van der Waals surface area (Å²) in [5.74, 6) is -0.0513. The van der Waals surface area contributed by atoms with E-state index in [1.165, 1.54) is 0 Å². The minimum Gasteiger partial charge on any atom is -0.394 e. The lowest BCUT2D eigenvalue weighted by Gasteiger charge is -2.16. The van der Waals surface area contributed by atoms with Gasteiger partial charge in [-0.1, -0.05) is 42.5 Å². The fourth-order valence-corrected chi connectivity index (χ4v) is 2.49. The monoisotopic (exact) mass is 334 g/mol. The van der Waals surface area contributed by atoms with Crippen LogP contribution in [-0.2, 0) is 0 Å². The molecule has 0 radical (unpaired) electrons. The number of hydrogen-bond donors (Lipinski definition) is 3. The van der Waals surface area contributed by atoms with Gasteiger partial charge < -0.3 is 16.2 Å². The number of hydrogen-bond acceptors (Lipinski definition) is 5. The minimum absolute atomic E-state index is 0.173. The van der Waals surface area contributed by atoms with Gasteiger partial charge in [0.25, 0.3) is 5.91 Å². The maximum absolute atomic E-state index is 12.4. The van der Waals surface area contributed by atoms with E-state index in [4.69, 9.17) is 5.73 Å². The second-order valence-electron chi connectivity index (χ2n) is 5.50. The number of nitrogens with one attached hydrogen (secondary N) is 1. The van der Waals surface area contributed by atoms with Crippen LogP contribution in [0.2, 0.25) is 0 Å². The van der Waals surface area contributed by atoms with Gasteiger partial charge in [0.15, 0.2) is 0 Å². The van der Waals surface area contributed by atoms with Crippen molar-refractivity contribution in [2.45, 2.75) is 6.04 Å². The molecule has 0 unspecified atom stereocenters. The molecule has 1 heterocycles. The molecular weight excluding hydrogens is 316 g/mol. The van der Waals surface area contributed by atoms with E-state index in [0.717, 1.165) is 11.1 Å². The lowest BCUT2D eigenvalue weighted by molar-refractivity contribution is 0.0916. The molecule has 0 spiro atoms. The average molecular weight is 334 g/mol. The molecule has 2 aromatic carbocycles. The Kier molecular flexibility index (Phi) is 5.01. The van der Waals surface area contributed by atoms with Gasteiger partial charge in [-0.25, -0.2) is 9.97 Å². The van der Waals surface area contributed by atoms with E-state index in [0.29, 0.717) is 11.3 Å². The summed E-state index contributed by atoms with van der Waals surface area (Å²) in [5, 5.41) is 12.4. The van der Waals surface area contributed by atoms with E-state index in [1.807, 2.05) is 30.3 Å². The molecule has 1 amide bonds. The highest BCUT2D eigenvalue weighted by atomic mass is 16.3. The first kappa shape index (κ1) is 16.6. The van der Waals surface area contributed by atoms with Crippen molar-refractivity contribution in [3.63, 3.8) is 0 Å². The molecule has 1 aromatic heterocycles. The second-order valence-corrected chi connectivity index (χ2v) is 5.50. The maximum atomic E-state index is 12.4. The van der Waals surface area contributed by atoms with Gasteiger partial charge in [0.05, 0.1) is 18.3 Å². The van der Waals surface area contributed by atoms with Crippen LogP contribution in [0.15, 0.2) is 66.9 Å².